The first-order chi connectivity index (χ1) is 25.8. The van der Waals surface area contributed by atoms with Crippen LogP contribution in [-0.4, -0.2) is 145 Å². The van der Waals surface area contributed by atoms with E-state index in [4.69, 9.17) is 23.7 Å². The van der Waals surface area contributed by atoms with Crippen LogP contribution in [0.5, 0.6) is 0 Å². The summed E-state index contributed by atoms with van der Waals surface area (Å²) >= 11 is 0. The second-order valence-electron chi connectivity index (χ2n) is 17.6. The molecule has 0 spiro atoms. The van der Waals surface area contributed by atoms with E-state index in [2.05, 4.69) is 19.1 Å². The van der Waals surface area contributed by atoms with Crippen LogP contribution in [0.15, 0.2) is 34.4 Å². The fraction of sp³-hybridized carbons (Fsp3) is 0.800. The molecule has 0 aromatic heterocycles. The van der Waals surface area contributed by atoms with Crippen LogP contribution < -0.4 is 0 Å². The van der Waals surface area contributed by atoms with Gasteiger partial charge in [-0.05, 0) is 77.0 Å². The fourth-order valence-electron chi connectivity index (χ4n) is 11.0. The van der Waals surface area contributed by atoms with E-state index in [9.17, 15) is 50.4 Å². The molecule has 308 valence electrons. The minimum atomic E-state index is -1.71. The zero-order valence-corrected chi connectivity index (χ0v) is 32.1. The molecular weight excluding hydrogens is 720 g/mol. The third-order valence-corrected chi connectivity index (χ3v) is 14.6. The molecular formula is C40H58O15. The molecule has 0 amide bonds. The number of carbonyl (C=O) groups is 2. The maximum atomic E-state index is 14.3. The summed E-state index contributed by atoms with van der Waals surface area (Å²) < 4.78 is 28.7. The van der Waals surface area contributed by atoms with Crippen LogP contribution in [0, 0.1) is 28.6 Å². The molecule has 0 aromatic carbocycles. The fourth-order valence-corrected chi connectivity index (χ4v) is 11.0. The SMILES string of the molecule is CC1=C(C)C(=O)O[C@@H]([C@@](C)(O)[C@H]2CC=C3[C@@H]4CC=C5C[C@@H](O[C@H]6O[C@@H](CO[C@@H]7O[C@H](CO)[C@@H](O)[C@H](O)[C@@H]7O)[C@H](O)[C@@H](O)[C@@H]6O)CC(=O)[C@@]5(C)[C@@H]4CC[C@]32C)C1. The highest BCUT2D eigenvalue weighted by molar-refractivity contribution is 5.90. The zero-order chi connectivity index (χ0) is 39.9. The number of ketones is 1. The number of aliphatic hydroxyl groups excluding tert-OH is 7. The minimum absolute atomic E-state index is 0.00409. The Morgan fingerprint density at radius 3 is 2.18 bits per heavy atom. The summed E-state index contributed by atoms with van der Waals surface area (Å²) in [4.78, 5) is 26.9. The number of allylic oxidation sites excluding steroid dienone is 3. The Labute approximate surface area is 320 Å². The van der Waals surface area contributed by atoms with Gasteiger partial charge in [0.15, 0.2) is 12.6 Å². The van der Waals surface area contributed by atoms with Crippen LogP contribution in [0.1, 0.15) is 79.6 Å². The van der Waals surface area contributed by atoms with Gasteiger partial charge in [-0.3, -0.25) is 4.79 Å². The van der Waals surface area contributed by atoms with Crippen LogP contribution in [0.3, 0.4) is 0 Å². The highest BCUT2D eigenvalue weighted by Gasteiger charge is 2.62. The van der Waals surface area contributed by atoms with E-state index in [1.165, 1.54) is 5.57 Å². The van der Waals surface area contributed by atoms with Gasteiger partial charge in [-0.1, -0.05) is 35.8 Å². The van der Waals surface area contributed by atoms with Gasteiger partial charge in [0.05, 0.1) is 24.7 Å². The average Bonchev–Trinajstić information content (AvgIpc) is 3.51. The predicted octanol–water partition coefficient (Wildman–Crippen LogP) is 0.0767. The molecule has 8 N–H and O–H groups in total. The van der Waals surface area contributed by atoms with Crippen molar-refractivity contribution in [1.29, 1.82) is 0 Å². The second-order valence-corrected chi connectivity index (χ2v) is 17.6. The van der Waals surface area contributed by atoms with Gasteiger partial charge in [-0.15, -0.1) is 0 Å². The van der Waals surface area contributed by atoms with Crippen molar-refractivity contribution in [3.63, 3.8) is 0 Å². The van der Waals surface area contributed by atoms with Crippen LogP contribution in [0.25, 0.3) is 0 Å². The minimum Gasteiger partial charge on any atom is -0.456 e. The summed E-state index contributed by atoms with van der Waals surface area (Å²) in [6.07, 6.45) is -8.63. The van der Waals surface area contributed by atoms with Crippen molar-refractivity contribution in [2.45, 2.75) is 159 Å². The summed E-state index contributed by atoms with van der Waals surface area (Å²) in [5.41, 5.74) is 1.36. The maximum Gasteiger partial charge on any atom is 0.334 e. The van der Waals surface area contributed by atoms with Crippen molar-refractivity contribution in [3.05, 3.63) is 34.4 Å². The largest absolute Gasteiger partial charge is 0.456 e. The van der Waals surface area contributed by atoms with E-state index in [1.54, 1.807) is 13.8 Å². The quantitative estimate of drug-likeness (QED) is 0.120. The van der Waals surface area contributed by atoms with Gasteiger partial charge >= 0.3 is 5.97 Å². The van der Waals surface area contributed by atoms with Crippen LogP contribution in [-0.2, 0) is 33.3 Å². The molecule has 2 saturated carbocycles. The van der Waals surface area contributed by atoms with Gasteiger partial charge in [-0.25, -0.2) is 4.79 Å². The molecule has 0 radical (unpaired) electrons. The summed E-state index contributed by atoms with van der Waals surface area (Å²) in [5.74, 6) is -0.432. The summed E-state index contributed by atoms with van der Waals surface area (Å²) in [5, 5.41) is 84.3. The van der Waals surface area contributed by atoms with Gasteiger partial charge in [-0.2, -0.15) is 0 Å². The number of fused-ring (bicyclic) bond motifs is 5. The van der Waals surface area contributed by atoms with E-state index in [0.717, 1.165) is 24.0 Å². The van der Waals surface area contributed by atoms with Crippen molar-refractivity contribution >= 4 is 11.8 Å². The van der Waals surface area contributed by atoms with Crippen LogP contribution >= 0.6 is 0 Å². The third kappa shape index (κ3) is 6.69. The van der Waals surface area contributed by atoms with Crippen molar-refractivity contribution in [2.75, 3.05) is 13.2 Å². The number of cyclic esters (lactones) is 1. The average molecular weight is 779 g/mol. The Balaban J connectivity index is 1.02. The molecule has 15 nitrogen and oxygen atoms in total. The number of rotatable bonds is 8. The first kappa shape index (κ1) is 41.1. The van der Waals surface area contributed by atoms with E-state index in [0.29, 0.717) is 31.3 Å². The Bertz CT molecular complexity index is 1600. The molecule has 0 unspecified atom stereocenters. The van der Waals surface area contributed by atoms with Crippen molar-refractivity contribution in [3.8, 4) is 0 Å². The van der Waals surface area contributed by atoms with Crippen LogP contribution in [0.4, 0.5) is 0 Å². The Morgan fingerprint density at radius 2 is 1.51 bits per heavy atom. The number of ether oxygens (including phenoxy) is 5. The number of hydrogen-bond acceptors (Lipinski definition) is 15. The molecule has 55 heavy (non-hydrogen) atoms. The lowest BCUT2D eigenvalue weighted by Crippen LogP contribution is -2.62. The Hall–Kier alpha value is -2.12. The highest BCUT2D eigenvalue weighted by Crippen LogP contribution is 2.65. The number of esters is 1. The van der Waals surface area contributed by atoms with Gasteiger partial charge in [0.2, 0.25) is 0 Å². The summed E-state index contributed by atoms with van der Waals surface area (Å²) in [6, 6.07) is 0. The molecule has 4 aliphatic carbocycles. The van der Waals surface area contributed by atoms with Crippen molar-refractivity contribution < 1.29 is 74.1 Å². The molecule has 3 aliphatic heterocycles. The van der Waals surface area contributed by atoms with Gasteiger partial charge in [0, 0.05) is 24.3 Å². The number of hydrogen-bond donors (Lipinski definition) is 8. The lowest BCUT2D eigenvalue weighted by atomic mass is 9.47. The summed E-state index contributed by atoms with van der Waals surface area (Å²) in [6.45, 7) is 8.52. The molecule has 15 heteroatoms. The van der Waals surface area contributed by atoms with Gasteiger partial charge in [0.25, 0.3) is 0 Å². The monoisotopic (exact) mass is 778 g/mol. The third-order valence-electron chi connectivity index (χ3n) is 14.6. The predicted molar refractivity (Wildman–Crippen MR) is 190 cm³/mol. The van der Waals surface area contributed by atoms with Gasteiger partial charge < -0.3 is 64.5 Å². The molecule has 18 atom stereocenters. The van der Waals surface area contributed by atoms with E-state index in [-0.39, 0.29) is 41.3 Å². The highest BCUT2D eigenvalue weighted by atomic mass is 16.7. The molecule has 4 fully saturated rings. The lowest BCUT2D eigenvalue weighted by Gasteiger charge is -2.57. The molecule has 2 saturated heterocycles. The van der Waals surface area contributed by atoms with Crippen LogP contribution in [0.2, 0.25) is 0 Å². The van der Waals surface area contributed by atoms with Crippen molar-refractivity contribution in [2.24, 2.45) is 28.6 Å². The standard InChI is InChI=1S/C40H58O15/c1-17-12-28(55-35(49)18(17)2)40(5,50)26-9-8-22-21-7-6-19-13-20(14-27(42)39(19,4)23(21)10-11-38(22,26)3)52-37-34(48)32(46)30(44)25(54-37)16-51-36-33(47)31(45)29(43)24(15-41)53-36/h6,8,20-21,23-26,28-34,36-37,41,43-48,50H,7,9-16H2,1-5H3/t20-,21+,23-,24-,25+,26+,28-,29-,30+,31+,32-,33+,34+,36-,37+,38-,39-,40+/m1/s1. The summed E-state index contributed by atoms with van der Waals surface area (Å²) in [7, 11) is 0. The number of Topliss-reactive ketones (excluding diaryl/α,β-unsaturated/α-hetero) is 1. The smallest absolute Gasteiger partial charge is 0.334 e. The number of aliphatic hydroxyl groups is 8. The normalized spacial score (nSPS) is 48.6. The Kier molecular flexibility index (Phi) is 11.1. The maximum absolute atomic E-state index is 14.3. The number of carbonyl (C=O) groups excluding carboxylic acids is 2. The van der Waals surface area contributed by atoms with E-state index >= 15 is 0 Å². The topological polar surface area (TPSA) is 242 Å². The molecule has 3 heterocycles. The zero-order valence-electron chi connectivity index (χ0n) is 32.1. The molecule has 0 aromatic rings. The molecule has 7 aliphatic rings. The lowest BCUT2D eigenvalue weighted by molar-refractivity contribution is -0.336. The first-order valence-electron chi connectivity index (χ1n) is 19.6. The molecule has 7 rings (SSSR count). The second kappa shape index (κ2) is 14.9. The Morgan fingerprint density at radius 1 is 0.855 bits per heavy atom. The first-order valence-corrected chi connectivity index (χ1v) is 19.6. The van der Waals surface area contributed by atoms with E-state index < -0.39 is 97.8 Å². The van der Waals surface area contributed by atoms with E-state index in [1.807, 2.05) is 13.8 Å². The van der Waals surface area contributed by atoms with Crippen molar-refractivity contribution in [1.82, 2.24) is 0 Å². The molecule has 0 bridgehead atoms. The van der Waals surface area contributed by atoms with Gasteiger partial charge in [0.1, 0.15) is 66.3 Å².